The van der Waals surface area contributed by atoms with Crippen LogP contribution >= 0.6 is 0 Å². The number of fused-ring (bicyclic) bond motifs is 1. The first-order valence-corrected chi connectivity index (χ1v) is 10.0. The van der Waals surface area contributed by atoms with E-state index in [-0.39, 0.29) is 17.2 Å². The number of hydrogen-bond donors (Lipinski definition) is 0. The van der Waals surface area contributed by atoms with Crippen molar-refractivity contribution in [1.29, 1.82) is 0 Å². The molecule has 4 rings (SSSR count). The van der Waals surface area contributed by atoms with Crippen molar-refractivity contribution in [2.45, 2.75) is 11.4 Å². The summed E-state index contributed by atoms with van der Waals surface area (Å²) in [6.45, 7) is 0.242. The van der Waals surface area contributed by atoms with E-state index in [0.717, 1.165) is 28.6 Å². The second kappa shape index (κ2) is 6.92. The van der Waals surface area contributed by atoms with Gasteiger partial charge in [0, 0.05) is 36.1 Å². The van der Waals surface area contributed by atoms with Crippen LogP contribution in [0.2, 0.25) is 0 Å². The smallest absolute Gasteiger partial charge is 0.180 e. The molecule has 2 heterocycles. The number of halogens is 1. The number of pyridine rings is 1. The molecule has 0 unspecified atom stereocenters. The van der Waals surface area contributed by atoms with Crippen LogP contribution in [0, 0.1) is 5.82 Å². The number of nitrogens with zero attached hydrogens (tertiary/aromatic N) is 3. The molecule has 0 amide bonds. The van der Waals surface area contributed by atoms with Crippen LogP contribution in [0.25, 0.3) is 22.3 Å². The van der Waals surface area contributed by atoms with Crippen molar-refractivity contribution in [3.05, 3.63) is 79.0 Å². The van der Waals surface area contributed by atoms with Gasteiger partial charge in [0.25, 0.3) is 0 Å². The van der Waals surface area contributed by atoms with Crippen LogP contribution in [0.1, 0.15) is 0 Å². The molecule has 0 bridgehead atoms. The third kappa shape index (κ3) is 3.46. The summed E-state index contributed by atoms with van der Waals surface area (Å²) in [4.78, 5) is 8.87. The zero-order valence-corrected chi connectivity index (χ0v) is 15.1. The fourth-order valence-electron chi connectivity index (χ4n) is 3.00. The van der Waals surface area contributed by atoms with Gasteiger partial charge in [-0.2, -0.15) is 0 Å². The molecule has 0 radical (unpaired) electrons. The minimum absolute atomic E-state index is 0.106. The highest BCUT2D eigenvalue weighted by atomic mass is 32.2. The molecule has 4 aromatic rings. The number of benzene rings is 2. The molecule has 27 heavy (non-hydrogen) atoms. The summed E-state index contributed by atoms with van der Waals surface area (Å²) in [5.74, 6) is 0.115. The van der Waals surface area contributed by atoms with Gasteiger partial charge in [-0.3, -0.25) is 4.98 Å². The number of sulfone groups is 1. The molecule has 0 saturated carbocycles. The Kier molecular flexibility index (Phi) is 4.45. The van der Waals surface area contributed by atoms with Gasteiger partial charge >= 0.3 is 0 Å². The Morgan fingerprint density at radius 1 is 0.926 bits per heavy atom. The Bertz CT molecular complexity index is 1200. The minimum Gasteiger partial charge on any atom is -0.330 e. The van der Waals surface area contributed by atoms with Crippen molar-refractivity contribution >= 4 is 20.7 Å². The maximum atomic E-state index is 13.0. The van der Waals surface area contributed by atoms with Crippen LogP contribution < -0.4 is 0 Å². The molecule has 0 aliphatic rings. The molecular weight excluding hydrogens is 365 g/mol. The number of imidazole rings is 1. The van der Waals surface area contributed by atoms with E-state index in [9.17, 15) is 12.8 Å². The van der Waals surface area contributed by atoms with E-state index in [4.69, 9.17) is 0 Å². The summed E-state index contributed by atoms with van der Waals surface area (Å²) >= 11 is 0. The van der Waals surface area contributed by atoms with Crippen molar-refractivity contribution in [1.82, 2.24) is 14.5 Å². The summed E-state index contributed by atoms with van der Waals surface area (Å²) in [6, 6.07) is 14.5. The first-order valence-electron chi connectivity index (χ1n) is 8.38. The lowest BCUT2D eigenvalue weighted by Crippen LogP contribution is -2.13. The zero-order valence-electron chi connectivity index (χ0n) is 14.3. The average molecular weight is 381 g/mol. The third-order valence-corrected chi connectivity index (χ3v) is 6.09. The van der Waals surface area contributed by atoms with Crippen LogP contribution in [0.3, 0.4) is 0 Å². The quantitative estimate of drug-likeness (QED) is 0.494. The summed E-state index contributed by atoms with van der Waals surface area (Å²) in [7, 11) is -3.52. The van der Waals surface area contributed by atoms with Gasteiger partial charge in [-0.15, -0.1) is 0 Å². The Balaban J connectivity index is 1.64. The van der Waals surface area contributed by atoms with E-state index < -0.39 is 15.7 Å². The topological polar surface area (TPSA) is 64.8 Å². The summed E-state index contributed by atoms with van der Waals surface area (Å²) in [5.41, 5.74) is 1.74. The lowest BCUT2D eigenvalue weighted by molar-refractivity contribution is 0.588. The van der Waals surface area contributed by atoms with Crippen LogP contribution in [-0.4, -0.2) is 28.7 Å². The second-order valence-corrected chi connectivity index (χ2v) is 8.20. The van der Waals surface area contributed by atoms with E-state index in [0.29, 0.717) is 5.82 Å². The molecule has 2 aromatic heterocycles. The molecule has 136 valence electrons. The molecule has 2 aromatic carbocycles. The van der Waals surface area contributed by atoms with Crippen LogP contribution in [0.15, 0.2) is 78.1 Å². The fraction of sp³-hybridized carbons (Fsp3) is 0.100. The Hall–Kier alpha value is -3.06. The lowest BCUT2D eigenvalue weighted by Gasteiger charge is -2.10. The minimum atomic E-state index is -3.52. The third-order valence-electron chi connectivity index (χ3n) is 4.38. The number of hydrogen-bond acceptors (Lipinski definition) is 4. The predicted molar refractivity (Wildman–Crippen MR) is 101 cm³/mol. The normalized spacial score (nSPS) is 11.7. The number of aryl methyl sites for hydroxylation is 1. The van der Waals surface area contributed by atoms with Crippen LogP contribution in [0.4, 0.5) is 4.39 Å². The Labute approximate surface area is 156 Å². The zero-order chi connectivity index (χ0) is 18.9. The molecule has 0 fully saturated rings. The van der Waals surface area contributed by atoms with Crippen LogP contribution in [0.5, 0.6) is 0 Å². The van der Waals surface area contributed by atoms with Crippen molar-refractivity contribution < 1.29 is 12.8 Å². The highest BCUT2D eigenvalue weighted by molar-refractivity contribution is 7.91. The number of aromatic nitrogens is 3. The molecular formula is C20H16FN3O2S. The van der Waals surface area contributed by atoms with Crippen molar-refractivity contribution in [2.24, 2.45) is 0 Å². The van der Waals surface area contributed by atoms with Gasteiger partial charge < -0.3 is 4.57 Å². The first-order chi connectivity index (χ1) is 13.0. The largest absolute Gasteiger partial charge is 0.330 e. The van der Waals surface area contributed by atoms with Gasteiger partial charge in [-0.1, -0.05) is 18.2 Å². The predicted octanol–water partition coefficient (Wildman–Crippen LogP) is 3.71. The Morgan fingerprint density at radius 3 is 2.52 bits per heavy atom. The second-order valence-electron chi connectivity index (χ2n) is 6.09. The first kappa shape index (κ1) is 17.4. The lowest BCUT2D eigenvalue weighted by atomic mass is 10.1. The van der Waals surface area contributed by atoms with Crippen molar-refractivity contribution in [3.8, 4) is 11.4 Å². The summed E-state index contributed by atoms with van der Waals surface area (Å²) in [6.07, 6.45) is 5.12. The molecule has 0 N–H and O–H groups in total. The van der Waals surface area contributed by atoms with Gasteiger partial charge in [0.2, 0.25) is 0 Å². The van der Waals surface area contributed by atoms with Gasteiger partial charge in [-0.25, -0.2) is 17.8 Å². The summed E-state index contributed by atoms with van der Waals surface area (Å²) < 4.78 is 39.9. The monoisotopic (exact) mass is 381 g/mol. The number of para-hydroxylation sites is 1. The molecule has 7 heteroatoms. The van der Waals surface area contributed by atoms with Gasteiger partial charge in [0.05, 0.1) is 16.2 Å². The Morgan fingerprint density at radius 2 is 1.70 bits per heavy atom. The molecule has 0 saturated heterocycles. The average Bonchev–Trinajstić information content (AvgIpc) is 3.15. The maximum Gasteiger partial charge on any atom is 0.180 e. The number of rotatable bonds is 5. The van der Waals surface area contributed by atoms with Gasteiger partial charge in [0.1, 0.15) is 11.6 Å². The maximum absolute atomic E-state index is 13.0. The molecule has 0 aliphatic heterocycles. The van der Waals surface area contributed by atoms with E-state index in [2.05, 4.69) is 9.97 Å². The molecule has 5 nitrogen and oxygen atoms in total. The molecule has 0 spiro atoms. The van der Waals surface area contributed by atoms with Gasteiger partial charge in [0.15, 0.2) is 9.84 Å². The van der Waals surface area contributed by atoms with E-state index in [1.807, 2.05) is 34.9 Å². The highest BCUT2D eigenvalue weighted by Gasteiger charge is 2.16. The SMILES string of the molecule is O=S(=O)(CCn1ccnc1-c1ccnc2ccccc12)c1ccc(F)cc1. The van der Waals surface area contributed by atoms with Gasteiger partial charge in [-0.05, 0) is 36.4 Å². The fourth-order valence-corrected chi connectivity index (χ4v) is 4.23. The highest BCUT2D eigenvalue weighted by Crippen LogP contribution is 2.26. The van der Waals surface area contributed by atoms with Crippen molar-refractivity contribution in [3.63, 3.8) is 0 Å². The van der Waals surface area contributed by atoms with E-state index in [1.165, 1.54) is 12.1 Å². The van der Waals surface area contributed by atoms with E-state index >= 15 is 0 Å². The van der Waals surface area contributed by atoms with Crippen LogP contribution in [-0.2, 0) is 16.4 Å². The molecule has 0 atom stereocenters. The van der Waals surface area contributed by atoms with Crippen molar-refractivity contribution in [2.75, 3.05) is 5.75 Å². The summed E-state index contributed by atoms with van der Waals surface area (Å²) in [5, 5.41) is 0.953. The standard InChI is InChI=1S/C20H16FN3O2S/c21-15-5-7-16(8-6-15)27(25,26)14-13-24-12-11-23-20(24)18-9-10-22-19-4-2-1-3-17(18)19/h1-12H,13-14H2. The van der Waals surface area contributed by atoms with E-state index in [1.54, 1.807) is 18.6 Å². The molecule has 0 aliphatic carbocycles.